The number of aromatic nitrogens is 2. The number of nitrogens with zero attached hydrogens (tertiary/aromatic N) is 2. The average molecular weight is 442 g/mol. The summed E-state index contributed by atoms with van der Waals surface area (Å²) in [5, 5.41) is 20.0. The first-order valence-corrected chi connectivity index (χ1v) is 12.3. The fourth-order valence-corrected chi connectivity index (χ4v) is 5.40. The number of amides is 1. The molecule has 0 bridgehead atoms. The van der Waals surface area contributed by atoms with Crippen LogP contribution in [0.5, 0.6) is 0 Å². The summed E-state index contributed by atoms with van der Waals surface area (Å²) in [4.78, 5) is 12.4. The molecular formula is C17H23N5O3S3. The molecule has 4 N–H and O–H groups in total. The van der Waals surface area contributed by atoms with E-state index in [9.17, 15) is 13.2 Å². The van der Waals surface area contributed by atoms with Crippen LogP contribution in [-0.4, -0.2) is 35.8 Å². The number of hydrogen-bond acceptors (Lipinski definition) is 8. The van der Waals surface area contributed by atoms with Crippen molar-refractivity contribution < 1.29 is 13.2 Å². The van der Waals surface area contributed by atoms with Crippen molar-refractivity contribution in [3.05, 3.63) is 24.3 Å². The van der Waals surface area contributed by atoms with Gasteiger partial charge in [-0.05, 0) is 44.0 Å². The minimum Gasteiger partial charge on any atom is -0.357 e. The van der Waals surface area contributed by atoms with E-state index in [4.69, 9.17) is 5.14 Å². The molecule has 28 heavy (non-hydrogen) atoms. The predicted octanol–water partition coefficient (Wildman–Crippen LogP) is 3.05. The Morgan fingerprint density at radius 2 is 1.89 bits per heavy atom. The van der Waals surface area contributed by atoms with E-state index in [1.165, 1.54) is 66.6 Å². The molecule has 1 saturated carbocycles. The fraction of sp³-hybridized carbons (Fsp3) is 0.471. The third kappa shape index (κ3) is 5.90. The molecule has 1 amide bonds. The van der Waals surface area contributed by atoms with Gasteiger partial charge in [0.05, 0.1) is 10.1 Å². The van der Waals surface area contributed by atoms with E-state index >= 15 is 0 Å². The topological polar surface area (TPSA) is 127 Å². The van der Waals surface area contributed by atoms with Crippen LogP contribution in [0.1, 0.15) is 39.0 Å². The summed E-state index contributed by atoms with van der Waals surface area (Å²) in [6, 6.07) is 6.19. The molecule has 1 atom stereocenters. The minimum absolute atomic E-state index is 0.000206. The normalized spacial score (nSPS) is 16.5. The van der Waals surface area contributed by atoms with Gasteiger partial charge in [-0.2, -0.15) is 0 Å². The van der Waals surface area contributed by atoms with Crippen LogP contribution in [0.3, 0.4) is 0 Å². The largest absolute Gasteiger partial charge is 0.357 e. The van der Waals surface area contributed by atoms with Crippen molar-refractivity contribution in [2.75, 3.05) is 10.6 Å². The molecule has 2 aromatic rings. The number of anilines is 2. The molecule has 0 unspecified atom stereocenters. The number of hydrogen-bond donors (Lipinski definition) is 3. The lowest BCUT2D eigenvalue weighted by molar-refractivity contribution is -0.115. The maximum atomic E-state index is 12.4. The molecule has 1 aliphatic carbocycles. The van der Waals surface area contributed by atoms with Gasteiger partial charge in [-0.15, -0.1) is 10.2 Å². The lowest BCUT2D eigenvalue weighted by atomic mass is 9.96. The van der Waals surface area contributed by atoms with Gasteiger partial charge in [-0.1, -0.05) is 42.4 Å². The monoisotopic (exact) mass is 441 g/mol. The first-order valence-electron chi connectivity index (χ1n) is 9.02. The summed E-state index contributed by atoms with van der Waals surface area (Å²) in [5.74, 6) is -0.203. The highest BCUT2D eigenvalue weighted by Gasteiger charge is 2.19. The molecule has 8 nitrogen and oxygen atoms in total. The molecule has 0 saturated heterocycles. The highest BCUT2D eigenvalue weighted by atomic mass is 32.2. The Labute approximate surface area is 172 Å². The van der Waals surface area contributed by atoms with Gasteiger partial charge in [0.15, 0.2) is 4.34 Å². The summed E-state index contributed by atoms with van der Waals surface area (Å²) in [7, 11) is -3.75. The van der Waals surface area contributed by atoms with Crippen molar-refractivity contribution in [2.45, 2.75) is 59.6 Å². The highest BCUT2D eigenvalue weighted by Crippen LogP contribution is 2.31. The van der Waals surface area contributed by atoms with Gasteiger partial charge in [0.2, 0.25) is 21.1 Å². The summed E-state index contributed by atoms with van der Waals surface area (Å²) in [6.07, 6.45) is 6.10. The zero-order valence-electron chi connectivity index (χ0n) is 15.4. The van der Waals surface area contributed by atoms with Crippen molar-refractivity contribution in [1.82, 2.24) is 10.2 Å². The first-order chi connectivity index (χ1) is 13.3. The van der Waals surface area contributed by atoms with Gasteiger partial charge in [0, 0.05) is 11.7 Å². The number of thioether (sulfide) groups is 1. The summed E-state index contributed by atoms with van der Waals surface area (Å²) < 4.78 is 23.3. The zero-order chi connectivity index (χ0) is 20.1. The number of nitrogens with two attached hydrogens (primary N) is 1. The highest BCUT2D eigenvalue weighted by molar-refractivity contribution is 8.02. The maximum Gasteiger partial charge on any atom is 0.238 e. The molecule has 1 heterocycles. The van der Waals surface area contributed by atoms with Crippen LogP contribution in [0.4, 0.5) is 10.8 Å². The van der Waals surface area contributed by atoms with Crippen LogP contribution >= 0.6 is 23.1 Å². The van der Waals surface area contributed by atoms with E-state index < -0.39 is 10.0 Å². The van der Waals surface area contributed by atoms with E-state index in [1.807, 2.05) is 0 Å². The van der Waals surface area contributed by atoms with E-state index in [1.54, 1.807) is 6.92 Å². The van der Waals surface area contributed by atoms with Crippen molar-refractivity contribution in [3.63, 3.8) is 0 Å². The van der Waals surface area contributed by atoms with Crippen LogP contribution in [-0.2, 0) is 14.8 Å². The number of primary sulfonamides is 1. The van der Waals surface area contributed by atoms with Crippen LogP contribution in [0.15, 0.2) is 33.5 Å². The Kier molecular flexibility index (Phi) is 6.91. The zero-order valence-corrected chi connectivity index (χ0v) is 17.9. The Balaban J connectivity index is 1.52. The fourth-order valence-electron chi connectivity index (χ4n) is 2.91. The van der Waals surface area contributed by atoms with Crippen LogP contribution < -0.4 is 15.8 Å². The Morgan fingerprint density at radius 3 is 2.54 bits per heavy atom. The third-order valence-corrected chi connectivity index (χ3v) is 7.40. The molecule has 1 aliphatic rings. The summed E-state index contributed by atoms with van der Waals surface area (Å²) in [5.41, 5.74) is 0.502. The van der Waals surface area contributed by atoms with Crippen molar-refractivity contribution in [2.24, 2.45) is 5.14 Å². The molecule has 0 radical (unpaired) electrons. The first kappa shape index (κ1) is 21.0. The standard InChI is InChI=1S/C17H23N5O3S3/c1-11(15(23)19-13-7-9-14(10-8-13)28(18,24)25)26-17-22-21-16(27-17)20-12-5-3-2-4-6-12/h7-12H,2-6H2,1H3,(H,19,23)(H,20,21)(H2,18,24,25)/t11-/m1/s1. The molecule has 1 aromatic carbocycles. The smallest absolute Gasteiger partial charge is 0.238 e. The van der Waals surface area contributed by atoms with Gasteiger partial charge in [-0.3, -0.25) is 4.79 Å². The van der Waals surface area contributed by atoms with E-state index in [0.29, 0.717) is 11.7 Å². The van der Waals surface area contributed by atoms with Crippen molar-refractivity contribution >= 4 is 49.8 Å². The quantitative estimate of drug-likeness (QED) is 0.564. The molecule has 1 aromatic heterocycles. The molecule has 152 valence electrons. The Bertz CT molecular complexity index is 908. The van der Waals surface area contributed by atoms with Gasteiger partial charge in [0.1, 0.15) is 0 Å². The second-order valence-electron chi connectivity index (χ2n) is 6.67. The Morgan fingerprint density at radius 1 is 1.21 bits per heavy atom. The van der Waals surface area contributed by atoms with Gasteiger partial charge < -0.3 is 10.6 Å². The molecular weight excluding hydrogens is 418 g/mol. The van der Waals surface area contributed by atoms with Crippen LogP contribution in [0.2, 0.25) is 0 Å². The summed E-state index contributed by atoms with van der Waals surface area (Å²) in [6.45, 7) is 1.79. The lowest BCUT2D eigenvalue weighted by Gasteiger charge is -2.21. The van der Waals surface area contributed by atoms with Gasteiger partial charge >= 0.3 is 0 Å². The molecule has 3 rings (SSSR count). The molecule has 0 spiro atoms. The van der Waals surface area contributed by atoms with Crippen LogP contribution in [0, 0.1) is 0 Å². The van der Waals surface area contributed by atoms with Gasteiger partial charge in [-0.25, -0.2) is 13.6 Å². The third-order valence-electron chi connectivity index (χ3n) is 4.44. The number of nitrogens with one attached hydrogen (secondary N) is 2. The minimum atomic E-state index is -3.75. The van der Waals surface area contributed by atoms with Crippen molar-refractivity contribution in [1.29, 1.82) is 0 Å². The van der Waals surface area contributed by atoms with E-state index in [0.717, 1.165) is 22.3 Å². The maximum absolute atomic E-state index is 12.4. The SMILES string of the molecule is C[C@@H](Sc1nnc(NC2CCCCC2)s1)C(=O)Nc1ccc(S(N)(=O)=O)cc1. The van der Waals surface area contributed by atoms with Crippen LogP contribution in [0.25, 0.3) is 0 Å². The van der Waals surface area contributed by atoms with Crippen molar-refractivity contribution in [3.8, 4) is 0 Å². The van der Waals surface area contributed by atoms with Gasteiger partial charge in [0.25, 0.3) is 0 Å². The van der Waals surface area contributed by atoms with E-state index in [-0.39, 0.29) is 16.1 Å². The number of benzene rings is 1. The second kappa shape index (κ2) is 9.21. The van der Waals surface area contributed by atoms with E-state index in [2.05, 4.69) is 20.8 Å². The average Bonchev–Trinajstić information content (AvgIpc) is 3.09. The number of rotatable bonds is 7. The molecule has 0 aliphatic heterocycles. The number of sulfonamides is 1. The molecule has 11 heteroatoms. The number of carbonyl (C=O) groups is 1. The predicted molar refractivity (Wildman–Crippen MR) is 112 cm³/mol. The number of carbonyl (C=O) groups excluding carboxylic acids is 1. The summed E-state index contributed by atoms with van der Waals surface area (Å²) >= 11 is 2.79. The second-order valence-corrected chi connectivity index (χ2v) is 10.8. The Hall–Kier alpha value is -1.69. The lowest BCUT2D eigenvalue weighted by Crippen LogP contribution is -2.22. The molecule has 1 fully saturated rings.